The van der Waals surface area contributed by atoms with Crippen molar-refractivity contribution in [3.05, 3.63) is 163 Å². The van der Waals surface area contributed by atoms with Crippen LogP contribution in [0.25, 0.3) is 0 Å². The second kappa shape index (κ2) is 22.5. The van der Waals surface area contributed by atoms with Crippen LogP contribution in [-0.2, 0) is 38.6 Å². The Morgan fingerprint density at radius 3 is 1.96 bits per heavy atom. The summed E-state index contributed by atoms with van der Waals surface area (Å²) in [4.78, 5) is 40.4. The molecule has 0 spiro atoms. The van der Waals surface area contributed by atoms with Gasteiger partial charge in [-0.1, -0.05) is 115 Å². The predicted molar refractivity (Wildman–Crippen MR) is 209 cm³/mol. The summed E-state index contributed by atoms with van der Waals surface area (Å²) in [6.07, 6.45) is 6.84. The first kappa shape index (κ1) is 40.3. The molecule has 0 aliphatic rings. The average molecular weight is 717 g/mol. The van der Waals surface area contributed by atoms with Crippen molar-refractivity contribution >= 4 is 17.8 Å². The second-order valence-corrected chi connectivity index (χ2v) is 13.2. The molecule has 4 aromatic rings. The quantitative estimate of drug-likeness (QED) is 0.0417. The largest absolute Gasteiger partial charge is 0.489 e. The lowest BCUT2D eigenvalue weighted by molar-refractivity contribution is -0.150. The summed E-state index contributed by atoms with van der Waals surface area (Å²) in [6, 6.07) is 35.5. The molecule has 53 heavy (non-hydrogen) atoms. The molecular weight excluding hydrogens is 665 g/mol. The maximum absolute atomic E-state index is 13.7. The standard InChI is InChI=1S/C45H52N2O6/c1-3-5-9-23-39(28-34-17-10-6-11-18-34)45(51)53-33-42(37-21-14-8-15-22-37)47-44(50)38(16-4-2)30-43(49)46-40(31-48)29-35-24-26-41(27-25-35)52-32-36-19-12-7-13-20-36/h3-4,6-8,10-15,17-22,24-27,38-40,42,48H,1-2,5,9,16,23,28-33H2,(H,46,49)(H,47,50)/t38-,39-,40+,42+/m1/s1. The number of rotatable bonds is 23. The minimum Gasteiger partial charge on any atom is -0.489 e. The molecule has 278 valence electrons. The lowest BCUT2D eigenvalue weighted by Crippen LogP contribution is -2.42. The average Bonchev–Trinajstić information content (AvgIpc) is 3.19. The first-order valence-electron chi connectivity index (χ1n) is 18.3. The van der Waals surface area contributed by atoms with Gasteiger partial charge in [0, 0.05) is 6.42 Å². The van der Waals surface area contributed by atoms with E-state index in [9.17, 15) is 19.5 Å². The van der Waals surface area contributed by atoms with Gasteiger partial charge < -0.3 is 25.2 Å². The highest BCUT2D eigenvalue weighted by atomic mass is 16.5. The zero-order chi connectivity index (χ0) is 37.7. The van der Waals surface area contributed by atoms with Gasteiger partial charge in [0.25, 0.3) is 0 Å². The Balaban J connectivity index is 1.34. The first-order valence-corrected chi connectivity index (χ1v) is 18.3. The van der Waals surface area contributed by atoms with Gasteiger partial charge in [0.15, 0.2) is 0 Å². The van der Waals surface area contributed by atoms with E-state index in [4.69, 9.17) is 9.47 Å². The van der Waals surface area contributed by atoms with Crippen molar-refractivity contribution in [2.24, 2.45) is 11.8 Å². The summed E-state index contributed by atoms with van der Waals surface area (Å²) in [6.45, 7) is 7.73. The Bertz CT molecular complexity index is 1700. The molecule has 4 aromatic carbocycles. The van der Waals surface area contributed by atoms with Crippen molar-refractivity contribution in [1.29, 1.82) is 0 Å². The molecule has 0 fully saturated rings. The fraction of sp³-hybridized carbons (Fsp3) is 0.311. The smallest absolute Gasteiger partial charge is 0.309 e. The molecule has 0 saturated heterocycles. The molecule has 0 aliphatic carbocycles. The van der Waals surface area contributed by atoms with Crippen molar-refractivity contribution in [3.8, 4) is 5.75 Å². The van der Waals surface area contributed by atoms with Gasteiger partial charge in [0.1, 0.15) is 19.0 Å². The summed E-state index contributed by atoms with van der Waals surface area (Å²) in [5, 5.41) is 16.0. The third-order valence-corrected chi connectivity index (χ3v) is 9.02. The number of hydrogen-bond donors (Lipinski definition) is 3. The molecule has 0 bridgehead atoms. The maximum Gasteiger partial charge on any atom is 0.309 e. The molecule has 0 saturated carbocycles. The van der Waals surface area contributed by atoms with Crippen LogP contribution >= 0.6 is 0 Å². The lowest BCUT2D eigenvalue weighted by Gasteiger charge is -2.24. The number of unbranched alkanes of at least 4 members (excludes halogenated alkanes) is 1. The fourth-order valence-corrected chi connectivity index (χ4v) is 6.09. The Labute approximate surface area is 313 Å². The van der Waals surface area contributed by atoms with Gasteiger partial charge >= 0.3 is 5.97 Å². The summed E-state index contributed by atoms with van der Waals surface area (Å²) >= 11 is 0. The monoisotopic (exact) mass is 716 g/mol. The third kappa shape index (κ3) is 14.2. The molecule has 0 radical (unpaired) electrons. The summed E-state index contributed by atoms with van der Waals surface area (Å²) in [5.74, 6) is -1.38. The predicted octanol–water partition coefficient (Wildman–Crippen LogP) is 7.48. The van der Waals surface area contributed by atoms with Crippen LogP contribution in [0.4, 0.5) is 0 Å². The Morgan fingerprint density at radius 2 is 1.34 bits per heavy atom. The van der Waals surface area contributed by atoms with Crippen molar-refractivity contribution in [2.75, 3.05) is 13.2 Å². The van der Waals surface area contributed by atoms with Gasteiger partial charge in [-0.3, -0.25) is 14.4 Å². The topological polar surface area (TPSA) is 114 Å². The highest BCUT2D eigenvalue weighted by molar-refractivity contribution is 5.86. The second-order valence-electron chi connectivity index (χ2n) is 13.2. The van der Waals surface area contributed by atoms with Crippen molar-refractivity contribution in [2.45, 2.75) is 63.6 Å². The van der Waals surface area contributed by atoms with Crippen LogP contribution in [0.15, 0.2) is 141 Å². The minimum atomic E-state index is -0.723. The van der Waals surface area contributed by atoms with Gasteiger partial charge in [-0.2, -0.15) is 0 Å². The van der Waals surface area contributed by atoms with Gasteiger partial charge in [0.2, 0.25) is 11.8 Å². The van der Waals surface area contributed by atoms with Crippen LogP contribution in [-0.4, -0.2) is 42.1 Å². The van der Waals surface area contributed by atoms with E-state index in [-0.39, 0.29) is 49.8 Å². The molecule has 8 nitrogen and oxygen atoms in total. The zero-order valence-electron chi connectivity index (χ0n) is 30.4. The van der Waals surface area contributed by atoms with E-state index >= 15 is 0 Å². The van der Waals surface area contributed by atoms with Gasteiger partial charge in [-0.25, -0.2) is 0 Å². The number of hydrogen-bond acceptors (Lipinski definition) is 6. The molecule has 8 heteroatoms. The molecule has 0 heterocycles. The van der Waals surface area contributed by atoms with Crippen LogP contribution in [0.2, 0.25) is 0 Å². The molecular formula is C45H52N2O6. The number of aliphatic hydroxyl groups is 1. The van der Waals surface area contributed by atoms with E-state index < -0.39 is 18.0 Å². The first-order chi connectivity index (χ1) is 25.9. The Hall–Kier alpha value is -5.47. The molecule has 4 atom stereocenters. The van der Waals surface area contributed by atoms with E-state index in [0.717, 1.165) is 40.8 Å². The number of nitrogens with one attached hydrogen (secondary N) is 2. The Kier molecular flexibility index (Phi) is 17.1. The number of allylic oxidation sites excluding steroid dienone is 2. The molecule has 4 rings (SSSR count). The van der Waals surface area contributed by atoms with E-state index in [2.05, 4.69) is 23.8 Å². The van der Waals surface area contributed by atoms with Crippen molar-refractivity contribution in [3.63, 3.8) is 0 Å². The molecule has 2 amide bonds. The number of carbonyl (C=O) groups is 3. The highest BCUT2D eigenvalue weighted by Gasteiger charge is 2.27. The van der Waals surface area contributed by atoms with Crippen LogP contribution in [0, 0.1) is 11.8 Å². The van der Waals surface area contributed by atoms with E-state index in [1.54, 1.807) is 6.08 Å². The molecule has 0 aliphatic heterocycles. The zero-order valence-corrected chi connectivity index (χ0v) is 30.4. The van der Waals surface area contributed by atoms with Crippen LogP contribution < -0.4 is 15.4 Å². The van der Waals surface area contributed by atoms with E-state index in [0.29, 0.717) is 25.9 Å². The van der Waals surface area contributed by atoms with Crippen LogP contribution in [0.1, 0.15) is 60.4 Å². The third-order valence-electron chi connectivity index (χ3n) is 9.02. The number of benzene rings is 4. The number of esters is 1. The number of carbonyl (C=O) groups excluding carboxylic acids is 3. The Morgan fingerprint density at radius 1 is 0.717 bits per heavy atom. The normalized spacial score (nSPS) is 13.1. The lowest BCUT2D eigenvalue weighted by atomic mass is 9.94. The molecule has 3 N–H and O–H groups in total. The van der Waals surface area contributed by atoms with E-state index in [1.807, 2.05) is 121 Å². The van der Waals surface area contributed by atoms with Crippen molar-refractivity contribution < 1.29 is 29.0 Å². The van der Waals surface area contributed by atoms with Gasteiger partial charge in [0.05, 0.1) is 30.5 Å². The maximum atomic E-state index is 13.7. The summed E-state index contributed by atoms with van der Waals surface area (Å²) in [7, 11) is 0. The van der Waals surface area contributed by atoms with Gasteiger partial charge in [-0.15, -0.1) is 13.2 Å². The van der Waals surface area contributed by atoms with Crippen molar-refractivity contribution in [1.82, 2.24) is 10.6 Å². The summed E-state index contributed by atoms with van der Waals surface area (Å²) in [5.41, 5.74) is 3.82. The number of ether oxygens (including phenoxy) is 2. The summed E-state index contributed by atoms with van der Waals surface area (Å²) < 4.78 is 11.8. The van der Waals surface area contributed by atoms with E-state index in [1.165, 1.54) is 0 Å². The minimum absolute atomic E-state index is 0.0585. The van der Waals surface area contributed by atoms with Gasteiger partial charge in [-0.05, 0) is 72.9 Å². The van der Waals surface area contributed by atoms with Crippen LogP contribution in [0.5, 0.6) is 5.75 Å². The van der Waals surface area contributed by atoms with Crippen LogP contribution in [0.3, 0.4) is 0 Å². The molecule has 0 unspecified atom stereocenters. The molecule has 0 aromatic heterocycles. The highest BCUT2D eigenvalue weighted by Crippen LogP contribution is 2.22. The number of aliphatic hydroxyl groups excluding tert-OH is 1. The SMILES string of the molecule is C=CCCC[C@H](Cc1ccccc1)C(=O)OC[C@H](NC(=O)[C@H](CC=C)CC(=O)N[C@H](CO)Cc1ccc(OCc2ccccc2)cc1)c1ccccc1. The fourth-order valence-electron chi connectivity index (χ4n) is 6.09. The number of amides is 2.